The van der Waals surface area contributed by atoms with Crippen molar-refractivity contribution in [3.63, 3.8) is 0 Å². The van der Waals surface area contributed by atoms with E-state index in [0.29, 0.717) is 23.9 Å². The van der Waals surface area contributed by atoms with Gasteiger partial charge in [0.2, 0.25) is 0 Å². The molecule has 0 saturated carbocycles. The van der Waals surface area contributed by atoms with E-state index in [0.717, 1.165) is 72.7 Å². The number of aromatic nitrogens is 4. The fourth-order valence-electron chi connectivity index (χ4n) is 8.89. The van der Waals surface area contributed by atoms with E-state index >= 15 is 0 Å². The SMILES string of the molecule is c1ccc(-c2nc(Cc3cccc4oc5ccc(Cc6ccc7c(c6)c6ccccc6n7-c6ccccc6)cc5c34)nc(-c3cccc4oc5ccccc5c34)n2)cc1. The Labute approximate surface area is 338 Å². The number of hydrogen-bond donors (Lipinski definition) is 0. The third kappa shape index (κ3) is 5.60. The Morgan fingerprint density at radius 1 is 0.407 bits per heavy atom. The van der Waals surface area contributed by atoms with Crippen LogP contribution in [0, 0.1) is 0 Å². The van der Waals surface area contributed by atoms with Gasteiger partial charge in [-0.1, -0.05) is 121 Å². The average molecular weight is 759 g/mol. The highest BCUT2D eigenvalue weighted by Crippen LogP contribution is 2.38. The molecule has 12 rings (SSSR count). The Hall–Kier alpha value is -7.83. The van der Waals surface area contributed by atoms with Gasteiger partial charge in [0.25, 0.3) is 0 Å². The first-order valence-electron chi connectivity index (χ1n) is 19.9. The molecular formula is C53H34N4O2. The summed E-state index contributed by atoms with van der Waals surface area (Å²) >= 11 is 0. The summed E-state index contributed by atoms with van der Waals surface area (Å²) in [5.41, 5.74) is 12.3. The van der Waals surface area contributed by atoms with E-state index in [4.69, 9.17) is 23.8 Å². The normalized spacial score (nSPS) is 11.9. The Bertz CT molecular complexity index is 3560. The van der Waals surface area contributed by atoms with Crippen LogP contribution in [0.5, 0.6) is 0 Å². The molecule has 0 amide bonds. The summed E-state index contributed by atoms with van der Waals surface area (Å²) in [6, 6.07) is 63.3. The van der Waals surface area contributed by atoms with Gasteiger partial charge in [-0.3, -0.25) is 0 Å². The number of fused-ring (bicyclic) bond motifs is 9. The Morgan fingerprint density at radius 3 is 1.88 bits per heavy atom. The third-order valence-electron chi connectivity index (χ3n) is 11.5. The van der Waals surface area contributed by atoms with Crippen LogP contribution in [0.3, 0.4) is 0 Å². The van der Waals surface area contributed by atoms with Gasteiger partial charge in [0.05, 0.1) is 11.0 Å². The maximum absolute atomic E-state index is 6.49. The van der Waals surface area contributed by atoms with E-state index in [9.17, 15) is 0 Å². The lowest BCUT2D eigenvalue weighted by molar-refractivity contribution is 0.668. The van der Waals surface area contributed by atoms with Crippen LogP contribution in [0.4, 0.5) is 0 Å². The Kier molecular flexibility index (Phi) is 7.56. The van der Waals surface area contributed by atoms with Gasteiger partial charge in [-0.05, 0) is 83.8 Å². The molecule has 0 aliphatic carbocycles. The zero-order chi connectivity index (χ0) is 38.9. The van der Waals surface area contributed by atoms with Gasteiger partial charge < -0.3 is 13.4 Å². The average Bonchev–Trinajstić information content (AvgIpc) is 3.97. The summed E-state index contributed by atoms with van der Waals surface area (Å²) in [7, 11) is 0. The Balaban J connectivity index is 0.952. The summed E-state index contributed by atoms with van der Waals surface area (Å²) in [6.45, 7) is 0. The van der Waals surface area contributed by atoms with Crippen LogP contribution in [0.15, 0.2) is 191 Å². The minimum atomic E-state index is 0.496. The predicted molar refractivity (Wildman–Crippen MR) is 238 cm³/mol. The van der Waals surface area contributed by atoms with E-state index < -0.39 is 0 Å². The second kappa shape index (κ2) is 13.4. The molecule has 0 radical (unpaired) electrons. The summed E-state index contributed by atoms with van der Waals surface area (Å²) in [5.74, 6) is 1.92. The third-order valence-corrected chi connectivity index (χ3v) is 11.5. The lowest BCUT2D eigenvalue weighted by Gasteiger charge is -2.10. The minimum absolute atomic E-state index is 0.496. The highest BCUT2D eigenvalue weighted by Gasteiger charge is 2.19. The van der Waals surface area contributed by atoms with Gasteiger partial charge in [-0.2, -0.15) is 0 Å². The van der Waals surface area contributed by atoms with Crippen molar-refractivity contribution in [1.29, 1.82) is 0 Å². The van der Waals surface area contributed by atoms with Crippen LogP contribution in [0.25, 0.3) is 94.1 Å². The van der Waals surface area contributed by atoms with Gasteiger partial charge in [0.1, 0.15) is 28.2 Å². The molecule has 0 spiro atoms. The van der Waals surface area contributed by atoms with Crippen LogP contribution < -0.4 is 0 Å². The molecule has 0 unspecified atom stereocenters. The van der Waals surface area contributed by atoms with Crippen molar-refractivity contribution in [3.8, 4) is 28.5 Å². The molecule has 278 valence electrons. The van der Waals surface area contributed by atoms with Crippen LogP contribution in [-0.4, -0.2) is 19.5 Å². The number of nitrogens with zero attached hydrogens (tertiary/aromatic N) is 4. The van der Waals surface area contributed by atoms with Gasteiger partial charge in [0, 0.05) is 55.6 Å². The van der Waals surface area contributed by atoms with E-state index in [1.54, 1.807) is 0 Å². The fraction of sp³-hybridized carbons (Fsp3) is 0.0377. The molecule has 0 fully saturated rings. The summed E-state index contributed by atoms with van der Waals surface area (Å²) in [4.78, 5) is 15.3. The zero-order valence-electron chi connectivity index (χ0n) is 31.8. The molecule has 12 aromatic rings. The van der Waals surface area contributed by atoms with Gasteiger partial charge >= 0.3 is 0 Å². The van der Waals surface area contributed by atoms with Crippen LogP contribution in [0.2, 0.25) is 0 Å². The van der Waals surface area contributed by atoms with Crippen molar-refractivity contribution in [2.45, 2.75) is 12.8 Å². The molecular weight excluding hydrogens is 725 g/mol. The summed E-state index contributed by atoms with van der Waals surface area (Å²) in [5, 5.41) is 6.70. The molecule has 0 aliphatic heterocycles. The number of furan rings is 2. The molecule has 0 bridgehead atoms. The highest BCUT2D eigenvalue weighted by atomic mass is 16.3. The summed E-state index contributed by atoms with van der Waals surface area (Å²) < 4.78 is 15.1. The maximum Gasteiger partial charge on any atom is 0.164 e. The lowest BCUT2D eigenvalue weighted by Crippen LogP contribution is -2.04. The van der Waals surface area contributed by atoms with E-state index in [2.05, 4.69) is 120 Å². The molecule has 4 aromatic heterocycles. The number of hydrogen-bond acceptors (Lipinski definition) is 5. The van der Waals surface area contributed by atoms with E-state index in [1.165, 1.54) is 32.9 Å². The van der Waals surface area contributed by atoms with Crippen molar-refractivity contribution < 1.29 is 8.83 Å². The molecule has 0 atom stereocenters. The molecule has 0 aliphatic rings. The number of para-hydroxylation sites is 3. The van der Waals surface area contributed by atoms with Gasteiger partial charge in [0.15, 0.2) is 11.6 Å². The predicted octanol–water partition coefficient (Wildman–Crippen LogP) is 13.3. The molecule has 6 nitrogen and oxygen atoms in total. The van der Waals surface area contributed by atoms with Gasteiger partial charge in [-0.25, -0.2) is 15.0 Å². The van der Waals surface area contributed by atoms with E-state index in [-0.39, 0.29) is 0 Å². The molecule has 0 saturated heterocycles. The highest BCUT2D eigenvalue weighted by molar-refractivity contribution is 6.12. The maximum atomic E-state index is 6.49. The van der Waals surface area contributed by atoms with Crippen molar-refractivity contribution in [2.75, 3.05) is 0 Å². The molecule has 4 heterocycles. The molecule has 8 aromatic carbocycles. The van der Waals surface area contributed by atoms with Crippen LogP contribution >= 0.6 is 0 Å². The lowest BCUT2D eigenvalue weighted by atomic mass is 9.98. The van der Waals surface area contributed by atoms with Crippen LogP contribution in [0.1, 0.15) is 22.5 Å². The molecule has 59 heavy (non-hydrogen) atoms. The topological polar surface area (TPSA) is 69.9 Å². The Morgan fingerprint density at radius 2 is 1.03 bits per heavy atom. The summed E-state index contributed by atoms with van der Waals surface area (Å²) in [6.07, 6.45) is 1.28. The first kappa shape index (κ1) is 33.3. The first-order chi connectivity index (χ1) is 29.2. The quantitative estimate of drug-likeness (QED) is 0.162. The first-order valence-corrected chi connectivity index (χ1v) is 19.9. The molecule has 6 heteroatoms. The van der Waals surface area contributed by atoms with Crippen molar-refractivity contribution in [2.24, 2.45) is 0 Å². The number of rotatable bonds is 7. The minimum Gasteiger partial charge on any atom is -0.456 e. The number of benzene rings is 8. The van der Waals surface area contributed by atoms with Crippen molar-refractivity contribution in [1.82, 2.24) is 19.5 Å². The zero-order valence-corrected chi connectivity index (χ0v) is 31.8. The fourth-order valence-corrected chi connectivity index (χ4v) is 8.89. The molecule has 0 N–H and O–H groups in total. The smallest absolute Gasteiger partial charge is 0.164 e. The monoisotopic (exact) mass is 758 g/mol. The van der Waals surface area contributed by atoms with E-state index in [1.807, 2.05) is 66.7 Å². The van der Waals surface area contributed by atoms with Crippen LogP contribution in [-0.2, 0) is 12.8 Å². The standard InChI is InChI=1S/C53H34N4O2/c1-3-13-35(14-4-1)52-54-49(55-53(56-52)40-20-12-24-48-51(40)39-19-8-10-22-45(39)58-48)32-36-15-11-23-47-50(36)42-31-34(26-28-46(42)59-47)29-33-25-27-44-41(30-33)38-18-7-9-21-43(38)57(44)37-16-5-2-6-17-37/h1-28,30-31H,29,32H2. The largest absolute Gasteiger partial charge is 0.456 e. The second-order valence-corrected chi connectivity index (χ2v) is 15.2. The second-order valence-electron chi connectivity index (χ2n) is 15.2. The van der Waals surface area contributed by atoms with Crippen molar-refractivity contribution in [3.05, 3.63) is 205 Å². The van der Waals surface area contributed by atoms with Crippen molar-refractivity contribution >= 4 is 65.7 Å². The van der Waals surface area contributed by atoms with Gasteiger partial charge in [-0.15, -0.1) is 0 Å².